The van der Waals surface area contributed by atoms with Gasteiger partial charge in [-0.2, -0.15) is 4.91 Å². The fourth-order valence-electron chi connectivity index (χ4n) is 2.07. The third-order valence-electron chi connectivity index (χ3n) is 2.90. The summed E-state index contributed by atoms with van der Waals surface area (Å²) in [5.74, 6) is 0. The molecule has 1 aromatic carbocycles. The molecule has 2 nitrogen and oxygen atoms in total. The molecule has 1 atom stereocenters. The van der Waals surface area contributed by atoms with E-state index in [1.54, 1.807) is 0 Å². The molecule has 2 heteroatoms. The molecule has 0 amide bonds. The van der Waals surface area contributed by atoms with E-state index < -0.39 is 0 Å². The molecule has 1 aliphatic carbocycles. The van der Waals surface area contributed by atoms with Crippen molar-refractivity contribution in [3.8, 4) is 0 Å². The standard InChI is InChI=1S/C13H15NO/c15-14-13-9-5-4-8-12(13)10-11-6-2-1-3-7-11/h1-3,6-7,10,13H,4-5,8-9H2. The van der Waals surface area contributed by atoms with Crippen LogP contribution in [-0.2, 0) is 0 Å². The van der Waals surface area contributed by atoms with Crippen LogP contribution < -0.4 is 0 Å². The van der Waals surface area contributed by atoms with Crippen LogP contribution in [0.4, 0.5) is 0 Å². The zero-order valence-corrected chi connectivity index (χ0v) is 8.73. The number of hydrogen-bond acceptors (Lipinski definition) is 2. The summed E-state index contributed by atoms with van der Waals surface area (Å²) in [6.45, 7) is 0. The summed E-state index contributed by atoms with van der Waals surface area (Å²) in [6.07, 6.45) is 6.37. The Hall–Kier alpha value is -1.44. The number of nitroso groups, excluding NO2 is 1. The van der Waals surface area contributed by atoms with Crippen molar-refractivity contribution in [2.24, 2.45) is 5.18 Å². The van der Waals surface area contributed by atoms with Crippen molar-refractivity contribution in [1.29, 1.82) is 0 Å². The molecule has 78 valence electrons. The Kier molecular flexibility index (Phi) is 3.28. The van der Waals surface area contributed by atoms with Gasteiger partial charge in [0.05, 0.1) is 0 Å². The van der Waals surface area contributed by atoms with Crippen LogP contribution in [0.15, 0.2) is 41.1 Å². The van der Waals surface area contributed by atoms with Crippen LogP contribution in [0.2, 0.25) is 0 Å². The molecule has 1 aromatic rings. The Labute approximate surface area is 90.0 Å². The summed E-state index contributed by atoms with van der Waals surface area (Å²) in [5.41, 5.74) is 2.37. The average molecular weight is 201 g/mol. The fraction of sp³-hybridized carbons (Fsp3) is 0.385. The molecule has 0 aliphatic heterocycles. The first kappa shape index (κ1) is 10.1. The Morgan fingerprint density at radius 3 is 2.73 bits per heavy atom. The highest BCUT2D eigenvalue weighted by atomic mass is 16.3. The SMILES string of the molecule is O=NC1CCCCC1=Cc1ccccc1. The Bertz CT molecular complexity index is 356. The van der Waals surface area contributed by atoms with Crippen molar-refractivity contribution >= 4 is 6.08 Å². The van der Waals surface area contributed by atoms with Crippen molar-refractivity contribution in [2.45, 2.75) is 31.7 Å². The zero-order valence-electron chi connectivity index (χ0n) is 8.73. The van der Waals surface area contributed by atoms with Crippen LogP contribution in [-0.4, -0.2) is 6.04 Å². The first-order valence-corrected chi connectivity index (χ1v) is 5.48. The van der Waals surface area contributed by atoms with Crippen molar-refractivity contribution in [3.05, 3.63) is 46.4 Å². The molecular formula is C13H15NO. The Morgan fingerprint density at radius 1 is 1.20 bits per heavy atom. The predicted molar refractivity (Wildman–Crippen MR) is 62.5 cm³/mol. The molecule has 1 unspecified atom stereocenters. The molecule has 15 heavy (non-hydrogen) atoms. The summed E-state index contributed by atoms with van der Waals surface area (Å²) >= 11 is 0. The lowest BCUT2D eigenvalue weighted by Gasteiger charge is -2.19. The highest BCUT2D eigenvalue weighted by molar-refractivity contribution is 5.54. The van der Waals surface area contributed by atoms with Gasteiger partial charge in [0.15, 0.2) is 0 Å². The second kappa shape index (κ2) is 4.87. The van der Waals surface area contributed by atoms with Gasteiger partial charge >= 0.3 is 0 Å². The van der Waals surface area contributed by atoms with Gasteiger partial charge < -0.3 is 0 Å². The normalized spacial score (nSPS) is 24.0. The maximum Gasteiger partial charge on any atom is 0.113 e. The predicted octanol–water partition coefficient (Wildman–Crippen LogP) is 3.78. The number of nitrogens with zero attached hydrogens (tertiary/aromatic N) is 1. The smallest absolute Gasteiger partial charge is 0.113 e. The Balaban J connectivity index is 2.20. The van der Waals surface area contributed by atoms with E-state index in [0.29, 0.717) is 0 Å². The molecule has 0 spiro atoms. The van der Waals surface area contributed by atoms with E-state index in [0.717, 1.165) is 19.3 Å². The quantitative estimate of drug-likeness (QED) is 0.669. The monoisotopic (exact) mass is 201 g/mol. The average Bonchev–Trinajstić information content (AvgIpc) is 2.31. The van der Waals surface area contributed by atoms with Gasteiger partial charge in [-0.25, -0.2) is 0 Å². The summed E-state index contributed by atoms with van der Waals surface area (Å²) in [4.78, 5) is 10.7. The minimum atomic E-state index is -0.0843. The van der Waals surface area contributed by atoms with Gasteiger partial charge in [-0.1, -0.05) is 48.0 Å². The second-order valence-corrected chi connectivity index (χ2v) is 4.00. The van der Waals surface area contributed by atoms with Crippen molar-refractivity contribution < 1.29 is 0 Å². The van der Waals surface area contributed by atoms with E-state index >= 15 is 0 Å². The van der Waals surface area contributed by atoms with Gasteiger partial charge in [-0.3, -0.25) is 0 Å². The number of benzene rings is 1. The first-order chi connectivity index (χ1) is 7.40. The van der Waals surface area contributed by atoms with Crippen LogP contribution in [0.3, 0.4) is 0 Å². The summed E-state index contributed by atoms with van der Waals surface area (Å²) in [6, 6.07) is 10.1. The maximum atomic E-state index is 10.7. The van der Waals surface area contributed by atoms with Crippen LogP contribution in [0.25, 0.3) is 6.08 Å². The molecule has 1 fully saturated rings. The highest BCUT2D eigenvalue weighted by Gasteiger charge is 2.18. The van der Waals surface area contributed by atoms with Crippen molar-refractivity contribution in [1.82, 2.24) is 0 Å². The van der Waals surface area contributed by atoms with Gasteiger partial charge in [0.2, 0.25) is 0 Å². The Morgan fingerprint density at radius 2 is 2.00 bits per heavy atom. The highest BCUT2D eigenvalue weighted by Crippen LogP contribution is 2.27. The zero-order chi connectivity index (χ0) is 10.5. The summed E-state index contributed by atoms with van der Waals surface area (Å²) < 4.78 is 0. The molecular weight excluding hydrogens is 186 g/mol. The van der Waals surface area contributed by atoms with Crippen LogP contribution >= 0.6 is 0 Å². The van der Waals surface area contributed by atoms with E-state index in [1.165, 1.54) is 17.6 Å². The van der Waals surface area contributed by atoms with Gasteiger partial charge in [0.25, 0.3) is 0 Å². The molecule has 0 heterocycles. The van der Waals surface area contributed by atoms with Crippen LogP contribution in [0, 0.1) is 4.91 Å². The lowest BCUT2D eigenvalue weighted by atomic mass is 9.89. The van der Waals surface area contributed by atoms with Crippen LogP contribution in [0.5, 0.6) is 0 Å². The van der Waals surface area contributed by atoms with Crippen molar-refractivity contribution in [3.63, 3.8) is 0 Å². The van der Waals surface area contributed by atoms with Crippen molar-refractivity contribution in [2.75, 3.05) is 0 Å². The summed E-state index contributed by atoms with van der Waals surface area (Å²) in [7, 11) is 0. The van der Waals surface area contributed by atoms with E-state index in [9.17, 15) is 4.91 Å². The molecule has 0 saturated heterocycles. The lowest BCUT2D eigenvalue weighted by molar-refractivity contribution is 0.539. The molecule has 1 saturated carbocycles. The third-order valence-corrected chi connectivity index (χ3v) is 2.90. The molecule has 0 bridgehead atoms. The topological polar surface area (TPSA) is 29.4 Å². The van der Waals surface area contributed by atoms with Gasteiger partial charge in [-0.05, 0) is 30.4 Å². The largest absolute Gasteiger partial charge is 0.150 e. The lowest BCUT2D eigenvalue weighted by Crippen LogP contribution is -2.12. The second-order valence-electron chi connectivity index (χ2n) is 4.00. The van der Waals surface area contributed by atoms with E-state index in [-0.39, 0.29) is 6.04 Å². The fourth-order valence-corrected chi connectivity index (χ4v) is 2.07. The van der Waals surface area contributed by atoms with E-state index in [2.05, 4.69) is 23.4 Å². The molecule has 0 N–H and O–H groups in total. The third kappa shape index (κ3) is 2.52. The minimum absolute atomic E-state index is 0.0843. The van der Waals surface area contributed by atoms with Gasteiger partial charge in [0, 0.05) is 0 Å². The minimum Gasteiger partial charge on any atom is -0.150 e. The van der Waals surface area contributed by atoms with E-state index in [4.69, 9.17) is 0 Å². The first-order valence-electron chi connectivity index (χ1n) is 5.48. The maximum absolute atomic E-state index is 10.7. The van der Waals surface area contributed by atoms with Crippen LogP contribution in [0.1, 0.15) is 31.2 Å². The summed E-state index contributed by atoms with van der Waals surface area (Å²) in [5, 5.41) is 3.21. The number of hydrogen-bond donors (Lipinski definition) is 0. The molecule has 0 aromatic heterocycles. The molecule has 1 aliphatic rings. The van der Waals surface area contributed by atoms with Gasteiger partial charge in [-0.15, -0.1) is 0 Å². The number of rotatable bonds is 2. The van der Waals surface area contributed by atoms with E-state index in [1.807, 2.05) is 18.2 Å². The molecule has 2 rings (SSSR count). The van der Waals surface area contributed by atoms with Gasteiger partial charge in [0.1, 0.15) is 6.04 Å². The molecule has 0 radical (unpaired) electrons.